The fourth-order valence-electron chi connectivity index (χ4n) is 2.42. The Labute approximate surface area is 130 Å². The van der Waals surface area contributed by atoms with Gasteiger partial charge in [0.1, 0.15) is 0 Å². The van der Waals surface area contributed by atoms with Crippen LogP contribution in [0.4, 0.5) is 11.6 Å². The molecule has 0 radical (unpaired) electrons. The van der Waals surface area contributed by atoms with E-state index in [2.05, 4.69) is 15.3 Å². The summed E-state index contributed by atoms with van der Waals surface area (Å²) in [5.74, 6) is 0.789. The van der Waals surface area contributed by atoms with Crippen LogP contribution in [0.3, 0.4) is 0 Å². The van der Waals surface area contributed by atoms with Crippen LogP contribution < -0.4 is 9.62 Å². The summed E-state index contributed by atoms with van der Waals surface area (Å²) >= 11 is 0. The highest BCUT2D eigenvalue weighted by Crippen LogP contribution is 2.24. The fraction of sp³-hybridized carbons (Fsp3) is 0.333. The van der Waals surface area contributed by atoms with Crippen LogP contribution in [0, 0.1) is 6.92 Å². The third kappa shape index (κ3) is 3.19. The van der Waals surface area contributed by atoms with Crippen LogP contribution in [0.15, 0.2) is 36.7 Å². The van der Waals surface area contributed by atoms with Crippen LogP contribution in [0.1, 0.15) is 17.5 Å². The maximum atomic E-state index is 12.0. The normalized spacial score (nSPS) is 16.7. The molecular formula is C15H18N4O2S. The molecule has 0 bridgehead atoms. The summed E-state index contributed by atoms with van der Waals surface area (Å²) in [5.41, 5.74) is 2.72. The lowest BCUT2D eigenvalue weighted by molar-refractivity contribution is 0.599. The van der Waals surface area contributed by atoms with Crippen LogP contribution in [0.5, 0.6) is 0 Å². The van der Waals surface area contributed by atoms with Gasteiger partial charge in [-0.05, 0) is 36.6 Å². The van der Waals surface area contributed by atoms with Crippen molar-refractivity contribution in [3.8, 4) is 0 Å². The SMILES string of the molecule is Cc1cnc(NCc2cccc(N3CCCS3(=O)=O)c2)nc1. The smallest absolute Gasteiger partial charge is 0.235 e. The Morgan fingerprint density at radius 3 is 2.73 bits per heavy atom. The molecule has 1 fully saturated rings. The first-order valence-electron chi connectivity index (χ1n) is 7.16. The molecule has 1 aromatic carbocycles. The minimum atomic E-state index is -3.14. The van der Waals surface area contributed by atoms with Crippen LogP contribution in [0.25, 0.3) is 0 Å². The lowest BCUT2D eigenvalue weighted by atomic mass is 10.2. The van der Waals surface area contributed by atoms with Crippen LogP contribution >= 0.6 is 0 Å². The van der Waals surface area contributed by atoms with Gasteiger partial charge in [0.05, 0.1) is 11.4 Å². The van der Waals surface area contributed by atoms with Crippen molar-refractivity contribution in [2.45, 2.75) is 19.9 Å². The molecule has 1 aliphatic rings. The van der Waals surface area contributed by atoms with E-state index in [0.29, 0.717) is 25.5 Å². The third-order valence-corrected chi connectivity index (χ3v) is 5.40. The van der Waals surface area contributed by atoms with E-state index >= 15 is 0 Å². The topological polar surface area (TPSA) is 75.2 Å². The first-order chi connectivity index (χ1) is 10.5. The van der Waals surface area contributed by atoms with Gasteiger partial charge in [-0.2, -0.15) is 0 Å². The number of hydrogen-bond acceptors (Lipinski definition) is 5. The molecule has 1 saturated heterocycles. The Balaban J connectivity index is 1.73. The largest absolute Gasteiger partial charge is 0.350 e. The predicted octanol–water partition coefficient (Wildman–Crippen LogP) is 1.94. The number of hydrogen-bond donors (Lipinski definition) is 1. The van der Waals surface area contributed by atoms with E-state index in [4.69, 9.17) is 0 Å². The number of benzene rings is 1. The van der Waals surface area contributed by atoms with Gasteiger partial charge in [-0.15, -0.1) is 0 Å². The summed E-state index contributed by atoms with van der Waals surface area (Å²) in [7, 11) is -3.14. The standard InChI is InChI=1S/C15H18N4O2S/c1-12-9-16-15(17-10-12)18-11-13-4-2-5-14(8-13)19-6-3-7-22(19,20)21/h2,4-5,8-10H,3,6-7,11H2,1H3,(H,16,17,18). The van der Waals surface area contributed by atoms with E-state index in [1.54, 1.807) is 12.4 Å². The van der Waals surface area contributed by atoms with Crippen LogP contribution in [0.2, 0.25) is 0 Å². The number of anilines is 2. The third-order valence-electron chi connectivity index (χ3n) is 3.53. The average molecular weight is 318 g/mol. The summed E-state index contributed by atoms with van der Waals surface area (Å²) in [6.07, 6.45) is 4.19. The second-order valence-electron chi connectivity index (χ2n) is 5.35. The van der Waals surface area contributed by atoms with Crippen molar-refractivity contribution >= 4 is 21.7 Å². The van der Waals surface area contributed by atoms with Gasteiger partial charge in [-0.25, -0.2) is 18.4 Å². The molecule has 0 unspecified atom stereocenters. The first kappa shape index (κ1) is 14.8. The zero-order valence-corrected chi connectivity index (χ0v) is 13.2. The Bertz CT molecular complexity index is 759. The van der Waals surface area contributed by atoms with Gasteiger partial charge in [0, 0.05) is 25.5 Å². The molecule has 22 heavy (non-hydrogen) atoms. The second kappa shape index (κ2) is 5.92. The molecule has 0 saturated carbocycles. The van der Waals surface area contributed by atoms with Gasteiger partial charge in [-0.1, -0.05) is 12.1 Å². The summed E-state index contributed by atoms with van der Waals surface area (Å²) in [4.78, 5) is 8.38. The lowest BCUT2D eigenvalue weighted by Gasteiger charge is -2.17. The summed E-state index contributed by atoms with van der Waals surface area (Å²) in [6, 6.07) is 7.54. The highest BCUT2D eigenvalue weighted by molar-refractivity contribution is 7.93. The maximum absolute atomic E-state index is 12.0. The number of aromatic nitrogens is 2. The van der Waals surface area contributed by atoms with Crippen molar-refractivity contribution in [3.05, 3.63) is 47.8 Å². The monoisotopic (exact) mass is 318 g/mol. The molecule has 1 aliphatic heterocycles. The number of rotatable bonds is 4. The maximum Gasteiger partial charge on any atom is 0.235 e. The second-order valence-corrected chi connectivity index (χ2v) is 7.36. The van der Waals surface area contributed by atoms with Crippen molar-refractivity contribution in [3.63, 3.8) is 0 Å². The Hall–Kier alpha value is -2.15. The number of aryl methyl sites for hydroxylation is 1. The first-order valence-corrected chi connectivity index (χ1v) is 8.77. The quantitative estimate of drug-likeness (QED) is 0.932. The van der Waals surface area contributed by atoms with E-state index in [-0.39, 0.29) is 5.75 Å². The van der Waals surface area contributed by atoms with Gasteiger partial charge in [-0.3, -0.25) is 4.31 Å². The van der Waals surface area contributed by atoms with Gasteiger partial charge < -0.3 is 5.32 Å². The molecule has 7 heteroatoms. The Kier molecular flexibility index (Phi) is 3.98. The molecule has 1 aromatic heterocycles. The summed E-state index contributed by atoms with van der Waals surface area (Å²) in [5, 5.41) is 3.14. The van der Waals surface area contributed by atoms with E-state index in [1.807, 2.05) is 31.2 Å². The lowest BCUT2D eigenvalue weighted by Crippen LogP contribution is -2.25. The fourth-order valence-corrected chi connectivity index (χ4v) is 3.97. The molecule has 2 heterocycles. The molecule has 0 amide bonds. The number of nitrogens with zero attached hydrogens (tertiary/aromatic N) is 3. The molecule has 0 aliphatic carbocycles. The van der Waals surface area contributed by atoms with Crippen molar-refractivity contribution in [2.75, 3.05) is 21.9 Å². The van der Waals surface area contributed by atoms with Crippen molar-refractivity contribution in [1.29, 1.82) is 0 Å². The van der Waals surface area contributed by atoms with Gasteiger partial charge in [0.25, 0.3) is 0 Å². The minimum absolute atomic E-state index is 0.229. The van der Waals surface area contributed by atoms with Gasteiger partial charge >= 0.3 is 0 Å². The van der Waals surface area contributed by atoms with Crippen molar-refractivity contribution < 1.29 is 8.42 Å². The van der Waals surface area contributed by atoms with Crippen molar-refractivity contribution in [1.82, 2.24) is 9.97 Å². The van der Waals surface area contributed by atoms with E-state index < -0.39 is 10.0 Å². The molecule has 1 N–H and O–H groups in total. The zero-order valence-electron chi connectivity index (χ0n) is 12.4. The molecule has 116 valence electrons. The van der Waals surface area contributed by atoms with Crippen molar-refractivity contribution in [2.24, 2.45) is 0 Å². The predicted molar refractivity (Wildman–Crippen MR) is 86.3 cm³/mol. The van der Waals surface area contributed by atoms with Gasteiger partial charge in [0.2, 0.25) is 16.0 Å². The molecular weight excluding hydrogens is 300 g/mol. The summed E-state index contributed by atoms with van der Waals surface area (Å²) < 4.78 is 25.4. The van der Waals surface area contributed by atoms with Crippen LogP contribution in [-0.2, 0) is 16.6 Å². The number of sulfonamides is 1. The van der Waals surface area contributed by atoms with E-state index in [1.165, 1.54) is 4.31 Å². The molecule has 2 aromatic rings. The molecule has 0 atom stereocenters. The zero-order chi connectivity index (χ0) is 15.6. The molecule has 3 rings (SSSR count). The minimum Gasteiger partial charge on any atom is -0.350 e. The highest BCUT2D eigenvalue weighted by atomic mass is 32.2. The molecule has 6 nitrogen and oxygen atoms in total. The average Bonchev–Trinajstić information content (AvgIpc) is 2.86. The summed E-state index contributed by atoms with van der Waals surface area (Å²) in [6.45, 7) is 3.04. The Morgan fingerprint density at radius 1 is 1.27 bits per heavy atom. The van der Waals surface area contributed by atoms with Gasteiger partial charge in [0.15, 0.2) is 0 Å². The van der Waals surface area contributed by atoms with E-state index in [9.17, 15) is 8.42 Å². The highest BCUT2D eigenvalue weighted by Gasteiger charge is 2.28. The molecule has 0 spiro atoms. The Morgan fingerprint density at radius 2 is 2.05 bits per heavy atom. The van der Waals surface area contributed by atoms with E-state index in [0.717, 1.165) is 16.8 Å². The number of nitrogens with one attached hydrogen (secondary N) is 1. The van der Waals surface area contributed by atoms with Crippen LogP contribution in [-0.4, -0.2) is 30.7 Å².